The molecule has 0 aliphatic carbocycles. The Kier molecular flexibility index (Phi) is 8.39. The Bertz CT molecular complexity index is 1300. The van der Waals surface area contributed by atoms with Gasteiger partial charge in [0.15, 0.2) is 0 Å². The van der Waals surface area contributed by atoms with Crippen molar-refractivity contribution in [1.82, 2.24) is 4.90 Å². The highest BCUT2D eigenvalue weighted by Crippen LogP contribution is 2.34. The summed E-state index contributed by atoms with van der Waals surface area (Å²) >= 11 is 7.16. The fourth-order valence-corrected chi connectivity index (χ4v) is 4.87. The molecule has 7 heteroatoms. The van der Waals surface area contributed by atoms with E-state index in [1.54, 1.807) is 6.08 Å². The van der Waals surface area contributed by atoms with Crippen molar-refractivity contribution in [2.24, 2.45) is 0 Å². The van der Waals surface area contributed by atoms with Crippen LogP contribution in [0.1, 0.15) is 42.0 Å². The molecular formula is C29H28ClNO4S. The summed E-state index contributed by atoms with van der Waals surface area (Å²) in [5.74, 6) is 1.37. The minimum atomic E-state index is -0.331. The summed E-state index contributed by atoms with van der Waals surface area (Å²) in [6.45, 7) is 6.92. The van der Waals surface area contributed by atoms with Crippen molar-refractivity contribution in [2.75, 3.05) is 13.2 Å². The fraction of sp³-hybridized carbons (Fsp3) is 0.241. The third-order valence-electron chi connectivity index (χ3n) is 5.78. The van der Waals surface area contributed by atoms with E-state index in [9.17, 15) is 9.59 Å². The van der Waals surface area contributed by atoms with E-state index in [0.717, 1.165) is 34.2 Å². The number of halogens is 1. The Morgan fingerprint density at radius 1 is 0.972 bits per heavy atom. The zero-order valence-electron chi connectivity index (χ0n) is 20.5. The minimum absolute atomic E-state index is 0.179. The van der Waals surface area contributed by atoms with Crippen LogP contribution in [0.25, 0.3) is 6.08 Å². The summed E-state index contributed by atoms with van der Waals surface area (Å²) in [6.07, 6.45) is 1.70. The lowest BCUT2D eigenvalue weighted by molar-refractivity contribution is -0.123. The van der Waals surface area contributed by atoms with Gasteiger partial charge in [-0.15, -0.1) is 0 Å². The highest BCUT2D eigenvalue weighted by molar-refractivity contribution is 8.18. The van der Waals surface area contributed by atoms with Crippen LogP contribution in [-0.2, 0) is 11.4 Å². The van der Waals surface area contributed by atoms with Gasteiger partial charge in [0.05, 0.1) is 11.4 Å². The van der Waals surface area contributed by atoms with Gasteiger partial charge in [-0.05, 0) is 60.0 Å². The second-order valence-electron chi connectivity index (χ2n) is 8.80. The third-order valence-corrected chi connectivity index (χ3v) is 7.06. The SMILES string of the molecule is Cc1ccc(C(C)C)c(OCCN2C(=O)S/C(=C\c3ccccc3OCc3ccccc3Cl)C2=O)c1. The molecule has 1 fully saturated rings. The molecule has 0 saturated carbocycles. The van der Waals surface area contributed by atoms with Gasteiger partial charge in [-0.3, -0.25) is 14.5 Å². The van der Waals surface area contributed by atoms with Gasteiger partial charge in [0.1, 0.15) is 24.7 Å². The van der Waals surface area contributed by atoms with Crippen LogP contribution in [0.5, 0.6) is 11.5 Å². The number of benzene rings is 3. The quantitative estimate of drug-likeness (QED) is 0.273. The van der Waals surface area contributed by atoms with E-state index >= 15 is 0 Å². The molecular weight excluding hydrogens is 494 g/mol. The van der Waals surface area contributed by atoms with E-state index in [4.69, 9.17) is 21.1 Å². The molecule has 0 N–H and O–H groups in total. The average Bonchev–Trinajstić information content (AvgIpc) is 3.11. The lowest BCUT2D eigenvalue weighted by Crippen LogP contribution is -2.32. The first-order chi connectivity index (χ1) is 17.3. The maximum atomic E-state index is 13.0. The number of hydrogen-bond donors (Lipinski definition) is 0. The van der Waals surface area contributed by atoms with E-state index in [1.807, 2.05) is 61.5 Å². The summed E-state index contributed by atoms with van der Waals surface area (Å²) in [4.78, 5) is 27.2. The Morgan fingerprint density at radius 2 is 1.72 bits per heavy atom. The van der Waals surface area contributed by atoms with Gasteiger partial charge >= 0.3 is 0 Å². The van der Waals surface area contributed by atoms with Gasteiger partial charge in [0.25, 0.3) is 11.1 Å². The van der Waals surface area contributed by atoms with Gasteiger partial charge in [-0.25, -0.2) is 0 Å². The highest BCUT2D eigenvalue weighted by atomic mass is 35.5. The van der Waals surface area contributed by atoms with Crippen molar-refractivity contribution >= 4 is 40.6 Å². The molecule has 36 heavy (non-hydrogen) atoms. The van der Waals surface area contributed by atoms with Crippen LogP contribution < -0.4 is 9.47 Å². The number of para-hydroxylation sites is 1. The number of aryl methyl sites for hydroxylation is 1. The van der Waals surface area contributed by atoms with Crippen LogP contribution in [0, 0.1) is 6.92 Å². The van der Waals surface area contributed by atoms with Crippen molar-refractivity contribution in [1.29, 1.82) is 0 Å². The second-order valence-corrected chi connectivity index (χ2v) is 10.2. The highest BCUT2D eigenvalue weighted by Gasteiger charge is 2.35. The monoisotopic (exact) mass is 521 g/mol. The van der Waals surface area contributed by atoms with Gasteiger partial charge in [-0.2, -0.15) is 0 Å². The number of nitrogens with zero attached hydrogens (tertiary/aromatic N) is 1. The molecule has 0 bridgehead atoms. The molecule has 2 amide bonds. The molecule has 1 aliphatic rings. The molecule has 0 aromatic heterocycles. The fourth-order valence-electron chi connectivity index (χ4n) is 3.83. The number of imide groups is 1. The zero-order chi connectivity index (χ0) is 25.7. The Labute approximate surface area is 221 Å². The molecule has 1 heterocycles. The van der Waals surface area contributed by atoms with Crippen molar-refractivity contribution in [3.63, 3.8) is 0 Å². The molecule has 3 aromatic rings. The van der Waals surface area contributed by atoms with Crippen LogP contribution in [0.4, 0.5) is 4.79 Å². The van der Waals surface area contributed by atoms with Crippen molar-refractivity contribution < 1.29 is 19.1 Å². The molecule has 0 radical (unpaired) electrons. The van der Waals surface area contributed by atoms with Crippen LogP contribution in [0.3, 0.4) is 0 Å². The smallest absolute Gasteiger partial charge is 0.293 e. The Hall–Kier alpha value is -3.22. The molecule has 5 nitrogen and oxygen atoms in total. The minimum Gasteiger partial charge on any atom is -0.491 e. The van der Waals surface area contributed by atoms with Crippen LogP contribution in [0.2, 0.25) is 5.02 Å². The zero-order valence-corrected chi connectivity index (χ0v) is 22.1. The van der Waals surface area contributed by atoms with Gasteiger partial charge in [0, 0.05) is 16.1 Å². The Morgan fingerprint density at radius 3 is 2.50 bits per heavy atom. The number of hydrogen-bond acceptors (Lipinski definition) is 5. The molecule has 1 aliphatic heterocycles. The summed E-state index contributed by atoms with van der Waals surface area (Å²) in [5, 5.41) is 0.321. The molecule has 0 spiro atoms. The summed E-state index contributed by atoms with van der Waals surface area (Å²) in [7, 11) is 0. The summed E-state index contributed by atoms with van der Waals surface area (Å²) < 4.78 is 12.0. The van der Waals surface area contributed by atoms with E-state index in [0.29, 0.717) is 33.8 Å². The first kappa shape index (κ1) is 25.9. The normalized spacial score (nSPS) is 14.7. The van der Waals surface area contributed by atoms with E-state index in [-0.39, 0.29) is 24.3 Å². The third kappa shape index (κ3) is 6.12. The van der Waals surface area contributed by atoms with E-state index in [1.165, 1.54) is 4.90 Å². The van der Waals surface area contributed by atoms with Crippen molar-refractivity contribution in [2.45, 2.75) is 33.3 Å². The number of ether oxygens (including phenoxy) is 2. The Balaban J connectivity index is 1.43. The maximum Gasteiger partial charge on any atom is 0.293 e. The number of thioether (sulfide) groups is 1. The standard InChI is InChI=1S/C29H28ClNO4S/c1-19(2)23-13-12-20(3)16-26(23)34-15-14-31-28(32)27(36-29(31)33)17-21-8-5-7-11-25(21)35-18-22-9-4-6-10-24(22)30/h4-13,16-17,19H,14-15,18H2,1-3H3/b27-17-. The number of carbonyl (C=O) groups excluding carboxylic acids is 2. The molecule has 0 unspecified atom stereocenters. The van der Waals surface area contributed by atoms with Gasteiger partial charge in [-0.1, -0.05) is 74.0 Å². The molecule has 1 saturated heterocycles. The first-order valence-corrected chi connectivity index (χ1v) is 13.0. The number of carbonyl (C=O) groups is 2. The topological polar surface area (TPSA) is 55.8 Å². The molecule has 4 rings (SSSR count). The first-order valence-electron chi connectivity index (χ1n) is 11.8. The molecule has 0 atom stereocenters. The van der Waals surface area contributed by atoms with Gasteiger partial charge in [0.2, 0.25) is 0 Å². The van der Waals surface area contributed by atoms with Crippen molar-refractivity contribution in [3.8, 4) is 11.5 Å². The lowest BCUT2D eigenvalue weighted by Gasteiger charge is -2.17. The van der Waals surface area contributed by atoms with Gasteiger partial charge < -0.3 is 9.47 Å². The largest absolute Gasteiger partial charge is 0.491 e. The van der Waals surface area contributed by atoms with E-state index < -0.39 is 0 Å². The number of amides is 2. The maximum absolute atomic E-state index is 13.0. The predicted octanol–water partition coefficient (Wildman–Crippen LogP) is 7.47. The number of rotatable bonds is 9. The predicted molar refractivity (Wildman–Crippen MR) is 146 cm³/mol. The van der Waals surface area contributed by atoms with E-state index in [2.05, 4.69) is 26.0 Å². The van der Waals surface area contributed by atoms with Crippen molar-refractivity contribution in [3.05, 3.63) is 98.9 Å². The lowest BCUT2D eigenvalue weighted by atomic mass is 10.0. The molecule has 3 aromatic carbocycles. The van der Waals surface area contributed by atoms with Crippen LogP contribution in [0.15, 0.2) is 71.6 Å². The van der Waals surface area contributed by atoms with Crippen LogP contribution in [-0.4, -0.2) is 29.2 Å². The second kappa shape index (κ2) is 11.7. The van der Waals surface area contributed by atoms with Crippen LogP contribution >= 0.6 is 23.4 Å². The summed E-state index contributed by atoms with van der Waals surface area (Å²) in [5.41, 5.74) is 3.78. The molecule has 186 valence electrons. The average molecular weight is 522 g/mol. The summed E-state index contributed by atoms with van der Waals surface area (Å²) in [6, 6.07) is 21.0.